The van der Waals surface area contributed by atoms with Gasteiger partial charge in [-0.1, -0.05) is 0 Å². The second-order valence-electron chi connectivity index (χ2n) is 1.75. The van der Waals surface area contributed by atoms with Gasteiger partial charge in [0.1, 0.15) is 0 Å². The molecule has 0 atom stereocenters. The Balaban J connectivity index is 2.50. The topological polar surface area (TPSA) is 47.4 Å². The molecule has 0 bridgehead atoms. The summed E-state index contributed by atoms with van der Waals surface area (Å²) < 4.78 is 4.88. The minimum atomic E-state index is 0.556. The Kier molecular flexibility index (Phi) is 3.05. The molecule has 4 heteroatoms. The summed E-state index contributed by atoms with van der Waals surface area (Å²) >= 11 is 0. The van der Waals surface area contributed by atoms with Crippen LogP contribution in [-0.2, 0) is 4.74 Å². The van der Waals surface area contributed by atoms with E-state index < -0.39 is 0 Å². The van der Waals surface area contributed by atoms with Crippen LogP contribution in [0.5, 0.6) is 0 Å². The SMILES string of the molecule is CCOC=Nc1cnccn1. The summed E-state index contributed by atoms with van der Waals surface area (Å²) in [5.74, 6) is 0.556. The lowest BCUT2D eigenvalue weighted by atomic mass is 10.7. The lowest BCUT2D eigenvalue weighted by Crippen LogP contribution is -1.84. The van der Waals surface area contributed by atoms with Crippen LogP contribution in [0.3, 0.4) is 0 Å². The molecular formula is C7H9N3O. The standard InChI is InChI=1S/C7H9N3O/c1-2-11-6-10-7-5-8-3-4-9-7/h3-6H,2H2,1H3. The van der Waals surface area contributed by atoms with Gasteiger partial charge in [-0.05, 0) is 6.92 Å². The molecule has 1 aromatic heterocycles. The van der Waals surface area contributed by atoms with Gasteiger partial charge < -0.3 is 4.74 Å². The fourth-order valence-electron chi connectivity index (χ4n) is 0.524. The van der Waals surface area contributed by atoms with Crippen molar-refractivity contribution in [3.05, 3.63) is 18.6 Å². The first-order valence-electron chi connectivity index (χ1n) is 3.33. The van der Waals surface area contributed by atoms with Crippen LogP contribution in [0.2, 0.25) is 0 Å². The quantitative estimate of drug-likeness (QED) is 0.481. The van der Waals surface area contributed by atoms with Crippen molar-refractivity contribution >= 4 is 12.2 Å². The van der Waals surface area contributed by atoms with Crippen LogP contribution in [0.25, 0.3) is 0 Å². The molecule has 0 spiro atoms. The monoisotopic (exact) mass is 151 g/mol. The zero-order chi connectivity index (χ0) is 7.94. The maximum Gasteiger partial charge on any atom is 0.176 e. The summed E-state index contributed by atoms with van der Waals surface area (Å²) in [6, 6.07) is 0. The molecule has 0 aliphatic heterocycles. The van der Waals surface area contributed by atoms with E-state index in [0.29, 0.717) is 12.4 Å². The Labute approximate surface area is 65.0 Å². The summed E-state index contributed by atoms with van der Waals surface area (Å²) in [6.07, 6.45) is 6.11. The van der Waals surface area contributed by atoms with E-state index in [1.54, 1.807) is 18.6 Å². The molecule has 11 heavy (non-hydrogen) atoms. The normalized spacial score (nSPS) is 10.3. The highest BCUT2D eigenvalue weighted by Gasteiger charge is 1.84. The highest BCUT2D eigenvalue weighted by atomic mass is 16.5. The molecule has 4 nitrogen and oxygen atoms in total. The van der Waals surface area contributed by atoms with Crippen molar-refractivity contribution in [2.24, 2.45) is 4.99 Å². The fourth-order valence-corrected chi connectivity index (χ4v) is 0.524. The van der Waals surface area contributed by atoms with Gasteiger partial charge in [-0.3, -0.25) is 4.98 Å². The summed E-state index contributed by atoms with van der Waals surface area (Å²) in [5, 5.41) is 0. The van der Waals surface area contributed by atoms with Crippen LogP contribution in [-0.4, -0.2) is 23.0 Å². The van der Waals surface area contributed by atoms with Gasteiger partial charge >= 0.3 is 0 Å². The first kappa shape index (κ1) is 7.65. The predicted octanol–water partition coefficient (Wildman–Crippen LogP) is 1.17. The molecule has 1 rings (SSSR count). The van der Waals surface area contributed by atoms with Crippen molar-refractivity contribution in [3.63, 3.8) is 0 Å². The number of hydrogen-bond acceptors (Lipinski definition) is 4. The van der Waals surface area contributed by atoms with Crippen LogP contribution in [0.15, 0.2) is 23.6 Å². The van der Waals surface area contributed by atoms with E-state index >= 15 is 0 Å². The maximum absolute atomic E-state index is 4.88. The smallest absolute Gasteiger partial charge is 0.176 e. The summed E-state index contributed by atoms with van der Waals surface area (Å²) in [4.78, 5) is 11.6. The molecule has 0 radical (unpaired) electrons. The molecule has 0 amide bonds. The number of aliphatic imine (C=N–C) groups is 1. The van der Waals surface area contributed by atoms with E-state index in [2.05, 4.69) is 15.0 Å². The number of hydrogen-bond donors (Lipinski definition) is 0. The zero-order valence-corrected chi connectivity index (χ0v) is 6.27. The molecule has 0 unspecified atom stereocenters. The van der Waals surface area contributed by atoms with Crippen LogP contribution in [0.1, 0.15) is 6.92 Å². The molecule has 0 N–H and O–H groups in total. The third-order valence-electron chi connectivity index (χ3n) is 0.976. The molecule has 0 aliphatic carbocycles. The minimum Gasteiger partial charge on any atom is -0.483 e. The lowest BCUT2D eigenvalue weighted by Gasteiger charge is -1.91. The Morgan fingerprint density at radius 1 is 1.64 bits per heavy atom. The molecule has 0 saturated carbocycles. The van der Waals surface area contributed by atoms with E-state index in [9.17, 15) is 0 Å². The van der Waals surface area contributed by atoms with Crippen LogP contribution in [0, 0.1) is 0 Å². The molecule has 0 aliphatic rings. The Morgan fingerprint density at radius 2 is 2.55 bits per heavy atom. The van der Waals surface area contributed by atoms with E-state index in [0.717, 1.165) is 0 Å². The Bertz CT molecular complexity index is 222. The van der Waals surface area contributed by atoms with Gasteiger partial charge in [-0.15, -0.1) is 0 Å². The second-order valence-corrected chi connectivity index (χ2v) is 1.75. The molecule has 1 aromatic rings. The predicted molar refractivity (Wildman–Crippen MR) is 41.8 cm³/mol. The number of rotatable bonds is 3. The van der Waals surface area contributed by atoms with Crippen molar-refractivity contribution < 1.29 is 4.74 Å². The first-order valence-corrected chi connectivity index (χ1v) is 3.33. The van der Waals surface area contributed by atoms with Crippen LogP contribution < -0.4 is 0 Å². The van der Waals surface area contributed by atoms with Crippen molar-refractivity contribution in [1.29, 1.82) is 0 Å². The number of nitrogens with zero attached hydrogens (tertiary/aromatic N) is 3. The second kappa shape index (κ2) is 4.38. The van der Waals surface area contributed by atoms with Crippen molar-refractivity contribution in [3.8, 4) is 0 Å². The Hall–Kier alpha value is -1.45. The van der Waals surface area contributed by atoms with Crippen molar-refractivity contribution in [1.82, 2.24) is 9.97 Å². The van der Waals surface area contributed by atoms with Crippen LogP contribution in [0.4, 0.5) is 5.82 Å². The van der Waals surface area contributed by atoms with Gasteiger partial charge in [0.2, 0.25) is 0 Å². The molecule has 0 fully saturated rings. The molecule has 0 aromatic carbocycles. The van der Waals surface area contributed by atoms with Crippen molar-refractivity contribution in [2.45, 2.75) is 6.92 Å². The van der Waals surface area contributed by atoms with Gasteiger partial charge in [0.25, 0.3) is 0 Å². The van der Waals surface area contributed by atoms with Gasteiger partial charge in [0.05, 0.1) is 12.8 Å². The molecular weight excluding hydrogens is 142 g/mol. The summed E-state index contributed by atoms with van der Waals surface area (Å²) in [7, 11) is 0. The fraction of sp³-hybridized carbons (Fsp3) is 0.286. The number of aromatic nitrogens is 2. The highest BCUT2D eigenvalue weighted by Crippen LogP contribution is 2.00. The minimum absolute atomic E-state index is 0.556. The largest absolute Gasteiger partial charge is 0.483 e. The van der Waals surface area contributed by atoms with E-state index in [1.807, 2.05) is 6.92 Å². The molecule has 58 valence electrons. The maximum atomic E-state index is 4.88. The van der Waals surface area contributed by atoms with Crippen LogP contribution >= 0.6 is 0 Å². The lowest BCUT2D eigenvalue weighted by molar-refractivity contribution is 0.344. The Morgan fingerprint density at radius 3 is 3.18 bits per heavy atom. The third-order valence-corrected chi connectivity index (χ3v) is 0.976. The van der Waals surface area contributed by atoms with E-state index in [1.165, 1.54) is 6.40 Å². The summed E-state index contributed by atoms with van der Waals surface area (Å²) in [6.45, 7) is 2.51. The van der Waals surface area contributed by atoms with Gasteiger partial charge in [-0.2, -0.15) is 4.99 Å². The molecule has 0 saturated heterocycles. The van der Waals surface area contributed by atoms with E-state index in [4.69, 9.17) is 4.74 Å². The highest BCUT2D eigenvalue weighted by molar-refractivity contribution is 5.52. The van der Waals surface area contributed by atoms with Gasteiger partial charge in [0.15, 0.2) is 12.2 Å². The van der Waals surface area contributed by atoms with Crippen molar-refractivity contribution in [2.75, 3.05) is 6.61 Å². The number of ether oxygens (including phenoxy) is 1. The third kappa shape index (κ3) is 2.75. The summed E-state index contributed by atoms with van der Waals surface area (Å²) in [5.41, 5.74) is 0. The average Bonchev–Trinajstić information content (AvgIpc) is 2.07. The van der Waals surface area contributed by atoms with E-state index in [-0.39, 0.29) is 0 Å². The average molecular weight is 151 g/mol. The molecule has 1 heterocycles. The van der Waals surface area contributed by atoms with Gasteiger partial charge in [-0.25, -0.2) is 4.98 Å². The first-order chi connectivity index (χ1) is 5.43. The zero-order valence-electron chi connectivity index (χ0n) is 6.27. The van der Waals surface area contributed by atoms with Gasteiger partial charge in [0, 0.05) is 12.4 Å².